The smallest absolute Gasteiger partial charge is 0.0693 e. The minimum absolute atomic E-state index is 0.148. The summed E-state index contributed by atoms with van der Waals surface area (Å²) in [6.07, 6.45) is 14.3. The molecule has 1 aliphatic carbocycles. The van der Waals surface area contributed by atoms with Gasteiger partial charge in [-0.2, -0.15) is 0 Å². The van der Waals surface area contributed by atoms with Crippen molar-refractivity contribution in [3.63, 3.8) is 0 Å². The maximum atomic E-state index is 4.66. The van der Waals surface area contributed by atoms with Crippen molar-refractivity contribution < 1.29 is 0 Å². The number of hydrogen-bond donors (Lipinski definition) is 0. The van der Waals surface area contributed by atoms with E-state index in [0.29, 0.717) is 11.8 Å². The number of hydrogen-bond acceptors (Lipinski definition) is 1. The highest BCUT2D eigenvalue weighted by Gasteiger charge is 2.37. The summed E-state index contributed by atoms with van der Waals surface area (Å²) in [5, 5.41) is 0. The first-order valence-electron chi connectivity index (χ1n) is 7.93. The Bertz CT molecular complexity index is 577. The van der Waals surface area contributed by atoms with Crippen LogP contribution < -0.4 is 0 Å². The molecule has 1 aliphatic rings. The van der Waals surface area contributed by atoms with Gasteiger partial charge >= 0.3 is 0 Å². The molecule has 2 unspecified atom stereocenters. The van der Waals surface area contributed by atoms with Crippen LogP contribution in [-0.2, 0) is 0 Å². The van der Waals surface area contributed by atoms with E-state index in [9.17, 15) is 0 Å². The van der Waals surface area contributed by atoms with E-state index in [1.165, 1.54) is 11.1 Å². The lowest BCUT2D eigenvalue weighted by Gasteiger charge is -2.41. The second-order valence-corrected chi connectivity index (χ2v) is 6.53. The van der Waals surface area contributed by atoms with Crippen molar-refractivity contribution in [2.75, 3.05) is 0 Å². The van der Waals surface area contributed by atoms with Gasteiger partial charge in [-0.3, -0.25) is 4.98 Å². The Morgan fingerprint density at radius 2 is 2.14 bits per heavy atom. The SMILES string of the molecule is CC=CC(C)(C(C)C)C1CC=CC=C1c1ncccc1C. The summed E-state index contributed by atoms with van der Waals surface area (Å²) in [5.74, 6) is 1.06. The summed E-state index contributed by atoms with van der Waals surface area (Å²) in [7, 11) is 0. The molecule has 0 bridgehead atoms. The van der Waals surface area contributed by atoms with E-state index in [1.54, 1.807) is 0 Å². The minimum Gasteiger partial charge on any atom is -0.256 e. The maximum Gasteiger partial charge on any atom is 0.0693 e. The van der Waals surface area contributed by atoms with Crippen molar-refractivity contribution in [1.29, 1.82) is 0 Å². The molecule has 1 heteroatoms. The first kappa shape index (κ1) is 15.8. The molecule has 0 amide bonds. The van der Waals surface area contributed by atoms with Crippen LogP contribution in [0.3, 0.4) is 0 Å². The quantitative estimate of drug-likeness (QED) is 0.656. The van der Waals surface area contributed by atoms with Crippen LogP contribution in [0.5, 0.6) is 0 Å². The summed E-state index contributed by atoms with van der Waals surface area (Å²) >= 11 is 0. The van der Waals surface area contributed by atoms with Crippen molar-refractivity contribution in [3.05, 3.63) is 60.0 Å². The Hall–Kier alpha value is -1.63. The van der Waals surface area contributed by atoms with Gasteiger partial charge in [-0.15, -0.1) is 0 Å². The average Bonchev–Trinajstić information content (AvgIpc) is 2.48. The van der Waals surface area contributed by atoms with Gasteiger partial charge in [0, 0.05) is 6.20 Å². The van der Waals surface area contributed by atoms with Crippen molar-refractivity contribution in [1.82, 2.24) is 4.98 Å². The van der Waals surface area contributed by atoms with Gasteiger partial charge in [0.2, 0.25) is 0 Å². The fourth-order valence-corrected chi connectivity index (χ4v) is 3.32. The molecule has 1 nitrogen and oxygen atoms in total. The van der Waals surface area contributed by atoms with E-state index >= 15 is 0 Å². The molecule has 0 N–H and O–H groups in total. The monoisotopic (exact) mass is 281 g/mol. The first-order valence-corrected chi connectivity index (χ1v) is 7.93. The van der Waals surface area contributed by atoms with Gasteiger partial charge in [-0.05, 0) is 54.7 Å². The average molecular weight is 281 g/mol. The number of aryl methyl sites for hydroxylation is 1. The highest BCUT2D eigenvalue weighted by atomic mass is 14.7. The molecule has 0 aromatic carbocycles. The summed E-state index contributed by atoms with van der Waals surface area (Å²) in [6.45, 7) is 11.3. The second kappa shape index (κ2) is 6.43. The van der Waals surface area contributed by atoms with Crippen LogP contribution in [0.4, 0.5) is 0 Å². The van der Waals surface area contributed by atoms with Crippen molar-refractivity contribution in [3.8, 4) is 0 Å². The van der Waals surface area contributed by atoms with Gasteiger partial charge < -0.3 is 0 Å². The molecule has 2 rings (SSSR count). The molecule has 0 fully saturated rings. The molecule has 2 atom stereocenters. The van der Waals surface area contributed by atoms with E-state index < -0.39 is 0 Å². The lowest BCUT2D eigenvalue weighted by Crippen LogP contribution is -2.32. The van der Waals surface area contributed by atoms with Crippen LogP contribution in [-0.4, -0.2) is 4.98 Å². The zero-order chi connectivity index (χ0) is 15.5. The molecule has 1 aromatic heterocycles. The van der Waals surface area contributed by atoms with Crippen molar-refractivity contribution in [2.24, 2.45) is 17.3 Å². The van der Waals surface area contributed by atoms with Gasteiger partial charge in [0.15, 0.2) is 0 Å². The number of pyridine rings is 1. The predicted molar refractivity (Wildman–Crippen MR) is 92.0 cm³/mol. The van der Waals surface area contributed by atoms with E-state index in [1.807, 2.05) is 12.3 Å². The number of allylic oxidation sites excluding steroid dienone is 6. The van der Waals surface area contributed by atoms with Gasteiger partial charge in [-0.1, -0.05) is 57.2 Å². The Balaban J connectivity index is 2.51. The third-order valence-electron chi connectivity index (χ3n) is 4.96. The molecule has 0 saturated carbocycles. The Morgan fingerprint density at radius 1 is 1.38 bits per heavy atom. The zero-order valence-corrected chi connectivity index (χ0v) is 13.9. The summed E-state index contributed by atoms with van der Waals surface area (Å²) in [5.41, 5.74) is 3.94. The summed E-state index contributed by atoms with van der Waals surface area (Å²) in [4.78, 5) is 4.66. The molecule has 0 aliphatic heterocycles. The lowest BCUT2D eigenvalue weighted by atomic mass is 9.63. The fourth-order valence-electron chi connectivity index (χ4n) is 3.32. The van der Waals surface area contributed by atoms with Gasteiger partial charge in [0.05, 0.1) is 5.69 Å². The third kappa shape index (κ3) is 3.02. The topological polar surface area (TPSA) is 12.9 Å². The Kier molecular flexibility index (Phi) is 4.82. The molecule has 21 heavy (non-hydrogen) atoms. The number of aromatic nitrogens is 1. The van der Waals surface area contributed by atoms with Gasteiger partial charge in [0.1, 0.15) is 0 Å². The van der Waals surface area contributed by atoms with E-state index in [4.69, 9.17) is 0 Å². The van der Waals surface area contributed by atoms with E-state index in [2.05, 4.69) is 76.0 Å². The summed E-state index contributed by atoms with van der Waals surface area (Å²) in [6, 6.07) is 4.17. The molecule has 1 heterocycles. The Labute approximate surface area is 129 Å². The fraction of sp³-hybridized carbons (Fsp3) is 0.450. The zero-order valence-electron chi connectivity index (χ0n) is 13.9. The molecule has 1 aromatic rings. The second-order valence-electron chi connectivity index (χ2n) is 6.53. The normalized spacial score (nSPS) is 21.6. The Morgan fingerprint density at radius 3 is 2.76 bits per heavy atom. The number of rotatable bonds is 4. The predicted octanol–water partition coefficient (Wildman–Crippen LogP) is 5.59. The third-order valence-corrected chi connectivity index (χ3v) is 4.96. The highest BCUT2D eigenvalue weighted by molar-refractivity contribution is 5.70. The molecular weight excluding hydrogens is 254 g/mol. The van der Waals surface area contributed by atoms with E-state index in [-0.39, 0.29) is 5.41 Å². The molecule has 112 valence electrons. The largest absolute Gasteiger partial charge is 0.256 e. The van der Waals surface area contributed by atoms with E-state index in [0.717, 1.165) is 12.1 Å². The van der Waals surface area contributed by atoms with Crippen LogP contribution in [0.15, 0.2) is 48.7 Å². The van der Waals surface area contributed by atoms with Crippen LogP contribution in [0.25, 0.3) is 5.57 Å². The number of nitrogens with zero attached hydrogens (tertiary/aromatic N) is 1. The summed E-state index contributed by atoms with van der Waals surface area (Å²) < 4.78 is 0. The molecular formula is C20H27N. The van der Waals surface area contributed by atoms with Crippen molar-refractivity contribution >= 4 is 5.57 Å². The lowest BCUT2D eigenvalue weighted by molar-refractivity contribution is 0.221. The molecule has 0 radical (unpaired) electrons. The molecule has 0 saturated heterocycles. The molecule has 0 spiro atoms. The van der Waals surface area contributed by atoms with Crippen LogP contribution in [0.2, 0.25) is 0 Å². The van der Waals surface area contributed by atoms with Crippen molar-refractivity contribution in [2.45, 2.75) is 41.0 Å². The van der Waals surface area contributed by atoms with Gasteiger partial charge in [-0.25, -0.2) is 0 Å². The highest BCUT2D eigenvalue weighted by Crippen LogP contribution is 2.47. The minimum atomic E-state index is 0.148. The van der Waals surface area contributed by atoms with Crippen LogP contribution in [0.1, 0.15) is 45.4 Å². The van der Waals surface area contributed by atoms with Gasteiger partial charge in [0.25, 0.3) is 0 Å². The maximum absolute atomic E-state index is 4.66. The van der Waals surface area contributed by atoms with Crippen LogP contribution in [0, 0.1) is 24.2 Å². The van der Waals surface area contributed by atoms with Crippen LogP contribution >= 0.6 is 0 Å². The standard InChI is InChI=1S/C20H27N/c1-6-13-20(5,15(2)3)18-12-8-7-11-17(18)19-16(4)10-9-14-21-19/h6-11,13-15,18H,12H2,1-5H3. The first-order chi connectivity index (χ1) is 10.0.